The molecule has 1 fully saturated rings. The van der Waals surface area contributed by atoms with Crippen molar-refractivity contribution < 1.29 is 14.0 Å². The standard InChI is InChI=1S/C22H26FN3O2/c1-15-14-17(21(27)25-18-7-3-4-8-18)10-11-20(15)26-22(28)24-13-12-16-6-2-5-9-19(16)23/h2,5-6,9-11,14,18H,3-4,7-8,12-13H2,1H3,(H,25,27)(H2,24,26,28). The van der Waals surface area contributed by atoms with Gasteiger partial charge in [-0.3, -0.25) is 4.79 Å². The Bertz CT molecular complexity index is 847. The molecule has 2 aromatic carbocycles. The van der Waals surface area contributed by atoms with Crippen LogP contribution in [0.3, 0.4) is 0 Å². The fourth-order valence-electron chi connectivity index (χ4n) is 3.46. The zero-order valence-corrected chi connectivity index (χ0v) is 16.1. The van der Waals surface area contributed by atoms with E-state index in [9.17, 15) is 14.0 Å². The van der Waals surface area contributed by atoms with Crippen molar-refractivity contribution in [3.8, 4) is 0 Å². The van der Waals surface area contributed by atoms with E-state index in [1.165, 1.54) is 18.9 Å². The molecule has 0 bridgehead atoms. The summed E-state index contributed by atoms with van der Waals surface area (Å²) in [4.78, 5) is 24.4. The van der Waals surface area contributed by atoms with Crippen molar-refractivity contribution in [1.29, 1.82) is 0 Å². The number of carbonyl (C=O) groups is 2. The first kappa shape index (κ1) is 19.9. The molecule has 3 N–H and O–H groups in total. The van der Waals surface area contributed by atoms with Gasteiger partial charge >= 0.3 is 6.03 Å². The van der Waals surface area contributed by atoms with E-state index in [2.05, 4.69) is 16.0 Å². The highest BCUT2D eigenvalue weighted by molar-refractivity contribution is 5.96. The minimum Gasteiger partial charge on any atom is -0.349 e. The number of benzene rings is 2. The SMILES string of the molecule is Cc1cc(C(=O)NC2CCCC2)ccc1NC(=O)NCCc1ccccc1F. The van der Waals surface area contributed by atoms with Crippen LogP contribution in [0.4, 0.5) is 14.9 Å². The molecule has 3 amide bonds. The van der Waals surface area contributed by atoms with E-state index in [0.717, 1.165) is 18.4 Å². The minimum absolute atomic E-state index is 0.0733. The van der Waals surface area contributed by atoms with Gasteiger partial charge in [-0.2, -0.15) is 0 Å². The first-order valence-corrected chi connectivity index (χ1v) is 9.72. The molecule has 1 saturated carbocycles. The van der Waals surface area contributed by atoms with Crippen molar-refractivity contribution in [3.05, 3.63) is 65.0 Å². The van der Waals surface area contributed by atoms with E-state index >= 15 is 0 Å². The highest BCUT2D eigenvalue weighted by Crippen LogP contribution is 2.20. The normalized spacial score (nSPS) is 13.9. The maximum atomic E-state index is 13.6. The third kappa shape index (κ3) is 5.31. The van der Waals surface area contributed by atoms with Crippen LogP contribution >= 0.6 is 0 Å². The Morgan fingerprint density at radius 1 is 1.11 bits per heavy atom. The minimum atomic E-state index is -0.359. The molecule has 5 nitrogen and oxygen atoms in total. The van der Waals surface area contributed by atoms with Gasteiger partial charge in [0.05, 0.1) is 0 Å². The number of nitrogens with one attached hydrogen (secondary N) is 3. The monoisotopic (exact) mass is 383 g/mol. The van der Waals surface area contributed by atoms with Crippen LogP contribution in [0.5, 0.6) is 0 Å². The lowest BCUT2D eigenvalue weighted by molar-refractivity contribution is 0.0938. The molecule has 0 atom stereocenters. The van der Waals surface area contributed by atoms with E-state index in [1.807, 2.05) is 6.92 Å². The third-order valence-corrected chi connectivity index (χ3v) is 5.06. The fraction of sp³-hybridized carbons (Fsp3) is 0.364. The van der Waals surface area contributed by atoms with Gasteiger partial charge in [-0.1, -0.05) is 31.0 Å². The average molecular weight is 383 g/mol. The molecular weight excluding hydrogens is 357 g/mol. The second-order valence-electron chi connectivity index (χ2n) is 7.21. The van der Waals surface area contributed by atoms with Crippen LogP contribution < -0.4 is 16.0 Å². The van der Waals surface area contributed by atoms with Gasteiger partial charge in [0.15, 0.2) is 0 Å². The summed E-state index contributed by atoms with van der Waals surface area (Å²) in [6, 6.07) is 11.7. The van der Waals surface area contributed by atoms with Crippen molar-refractivity contribution in [3.63, 3.8) is 0 Å². The summed E-state index contributed by atoms with van der Waals surface area (Å²) in [5, 5.41) is 8.56. The molecule has 0 aliphatic heterocycles. The molecular formula is C22H26FN3O2. The zero-order valence-electron chi connectivity index (χ0n) is 16.1. The van der Waals surface area contributed by atoms with E-state index < -0.39 is 0 Å². The molecule has 0 radical (unpaired) electrons. The Kier molecular flexibility index (Phi) is 6.63. The first-order chi connectivity index (χ1) is 13.5. The van der Waals surface area contributed by atoms with Gasteiger partial charge in [0.1, 0.15) is 5.82 Å². The molecule has 2 aromatic rings. The fourth-order valence-corrected chi connectivity index (χ4v) is 3.46. The Balaban J connectivity index is 1.50. The number of rotatable bonds is 6. The summed E-state index contributed by atoms with van der Waals surface area (Å²) < 4.78 is 13.6. The van der Waals surface area contributed by atoms with Crippen molar-refractivity contribution >= 4 is 17.6 Å². The summed E-state index contributed by atoms with van der Waals surface area (Å²) in [6.07, 6.45) is 4.83. The Labute approximate surface area is 164 Å². The number of amides is 3. The number of aryl methyl sites for hydroxylation is 1. The van der Waals surface area contributed by atoms with Gasteiger partial charge in [0.2, 0.25) is 0 Å². The molecule has 0 unspecified atom stereocenters. The van der Waals surface area contributed by atoms with Crippen LogP contribution in [-0.2, 0) is 6.42 Å². The molecule has 28 heavy (non-hydrogen) atoms. The second kappa shape index (κ2) is 9.35. The molecule has 0 saturated heterocycles. The Morgan fingerprint density at radius 3 is 2.57 bits per heavy atom. The van der Waals surface area contributed by atoms with Crippen molar-refractivity contribution in [2.45, 2.75) is 45.1 Å². The molecule has 3 rings (SSSR count). The summed E-state index contributed by atoms with van der Waals surface area (Å²) in [7, 11) is 0. The number of hydrogen-bond donors (Lipinski definition) is 3. The van der Waals surface area contributed by atoms with Gasteiger partial charge < -0.3 is 16.0 Å². The topological polar surface area (TPSA) is 70.2 Å². The van der Waals surface area contributed by atoms with E-state index in [4.69, 9.17) is 0 Å². The smallest absolute Gasteiger partial charge is 0.319 e. The Hall–Kier alpha value is -2.89. The lowest BCUT2D eigenvalue weighted by atomic mass is 10.1. The predicted molar refractivity (Wildman–Crippen MR) is 108 cm³/mol. The molecule has 0 heterocycles. The molecule has 1 aliphatic carbocycles. The van der Waals surface area contributed by atoms with Crippen LogP contribution in [-0.4, -0.2) is 24.5 Å². The summed E-state index contributed by atoms with van der Waals surface area (Å²) in [5.74, 6) is -0.345. The van der Waals surface area contributed by atoms with Crippen molar-refractivity contribution in [2.75, 3.05) is 11.9 Å². The molecule has 0 aromatic heterocycles. The number of urea groups is 1. The second-order valence-corrected chi connectivity index (χ2v) is 7.21. The average Bonchev–Trinajstić information content (AvgIpc) is 3.18. The molecule has 6 heteroatoms. The number of carbonyl (C=O) groups excluding carboxylic acids is 2. The third-order valence-electron chi connectivity index (χ3n) is 5.06. The van der Waals surface area contributed by atoms with Gasteiger partial charge in [0, 0.05) is 23.8 Å². The maximum absolute atomic E-state index is 13.6. The quantitative estimate of drug-likeness (QED) is 0.701. The highest BCUT2D eigenvalue weighted by atomic mass is 19.1. The number of anilines is 1. The predicted octanol–water partition coefficient (Wildman–Crippen LogP) is 4.17. The van der Waals surface area contributed by atoms with Crippen molar-refractivity contribution in [1.82, 2.24) is 10.6 Å². The van der Waals surface area contributed by atoms with Gasteiger partial charge in [-0.25, -0.2) is 9.18 Å². The summed E-state index contributed by atoms with van der Waals surface area (Å²) in [5.41, 5.74) is 2.61. The maximum Gasteiger partial charge on any atom is 0.319 e. The molecule has 1 aliphatic rings. The van der Waals surface area contributed by atoms with Gasteiger partial charge in [-0.15, -0.1) is 0 Å². The molecule has 148 valence electrons. The van der Waals surface area contributed by atoms with Crippen LogP contribution in [0, 0.1) is 12.7 Å². The van der Waals surface area contributed by atoms with Gasteiger partial charge in [0.25, 0.3) is 5.91 Å². The van der Waals surface area contributed by atoms with Crippen molar-refractivity contribution in [2.24, 2.45) is 0 Å². The molecule has 0 spiro atoms. The number of halogens is 1. The first-order valence-electron chi connectivity index (χ1n) is 9.72. The van der Waals surface area contributed by atoms with Gasteiger partial charge in [-0.05, 0) is 61.6 Å². The van der Waals surface area contributed by atoms with Crippen LogP contribution in [0.25, 0.3) is 0 Å². The van der Waals surface area contributed by atoms with Crippen LogP contribution in [0.15, 0.2) is 42.5 Å². The largest absolute Gasteiger partial charge is 0.349 e. The number of hydrogen-bond acceptors (Lipinski definition) is 2. The summed E-state index contributed by atoms with van der Waals surface area (Å²) >= 11 is 0. The van der Waals surface area contributed by atoms with E-state index in [0.29, 0.717) is 29.8 Å². The lowest BCUT2D eigenvalue weighted by Crippen LogP contribution is -2.33. The highest BCUT2D eigenvalue weighted by Gasteiger charge is 2.18. The Morgan fingerprint density at radius 2 is 1.86 bits per heavy atom. The van der Waals surface area contributed by atoms with Crippen LogP contribution in [0.2, 0.25) is 0 Å². The zero-order chi connectivity index (χ0) is 19.9. The van der Waals surface area contributed by atoms with E-state index in [1.54, 1.807) is 36.4 Å². The lowest BCUT2D eigenvalue weighted by Gasteiger charge is -2.14. The summed E-state index contributed by atoms with van der Waals surface area (Å²) in [6.45, 7) is 2.18. The van der Waals surface area contributed by atoms with Crippen LogP contribution in [0.1, 0.15) is 47.2 Å². The van der Waals surface area contributed by atoms with E-state index in [-0.39, 0.29) is 23.8 Å².